The van der Waals surface area contributed by atoms with Gasteiger partial charge < -0.3 is 15.2 Å². The number of pyridine rings is 1. The van der Waals surface area contributed by atoms with Gasteiger partial charge in [0.1, 0.15) is 11.7 Å². The first-order valence-corrected chi connectivity index (χ1v) is 9.46. The van der Waals surface area contributed by atoms with Crippen LogP contribution in [0.3, 0.4) is 0 Å². The third-order valence-corrected chi connectivity index (χ3v) is 5.15. The van der Waals surface area contributed by atoms with Crippen molar-refractivity contribution >= 4 is 40.0 Å². The fourth-order valence-corrected chi connectivity index (χ4v) is 3.76. The molecule has 4 rings (SSSR count). The summed E-state index contributed by atoms with van der Waals surface area (Å²) in [6.07, 6.45) is 0.387. The van der Waals surface area contributed by atoms with Gasteiger partial charge in [0.25, 0.3) is 0 Å². The monoisotopic (exact) mass is 413 g/mol. The topological polar surface area (TPSA) is 82.3 Å². The molecule has 2 N–H and O–H groups in total. The quantitative estimate of drug-likeness (QED) is 0.645. The first-order chi connectivity index (χ1) is 13.9. The summed E-state index contributed by atoms with van der Waals surface area (Å²) < 4.78 is 13.4. The van der Waals surface area contributed by atoms with Gasteiger partial charge >= 0.3 is 0 Å². The average Bonchev–Trinajstić information content (AvgIpc) is 3.06. The summed E-state index contributed by atoms with van der Waals surface area (Å²) in [7, 11) is 0. The van der Waals surface area contributed by atoms with Crippen molar-refractivity contribution in [3.8, 4) is 0 Å². The van der Waals surface area contributed by atoms with Gasteiger partial charge in [0.05, 0.1) is 0 Å². The third-order valence-electron chi connectivity index (χ3n) is 4.93. The number of anilines is 1. The van der Waals surface area contributed by atoms with Crippen molar-refractivity contribution in [3.05, 3.63) is 75.3 Å². The van der Waals surface area contributed by atoms with E-state index in [1.165, 1.54) is 18.2 Å². The highest BCUT2D eigenvalue weighted by Gasteiger charge is 2.37. The normalized spacial score (nSPS) is 16.4. The van der Waals surface area contributed by atoms with Gasteiger partial charge in [-0.25, -0.2) is 4.39 Å². The van der Waals surface area contributed by atoms with Crippen LogP contribution in [0.4, 0.5) is 10.1 Å². The molecule has 148 valence electrons. The summed E-state index contributed by atoms with van der Waals surface area (Å²) >= 11 is 5.82. The number of benzene rings is 2. The maximum Gasteiger partial charge on any atom is 0.248 e. The van der Waals surface area contributed by atoms with E-state index in [1.807, 2.05) is 0 Å². The van der Waals surface area contributed by atoms with Crippen molar-refractivity contribution in [1.29, 1.82) is 0 Å². The molecule has 29 heavy (non-hydrogen) atoms. The minimum atomic E-state index is -0.801. The van der Waals surface area contributed by atoms with E-state index in [2.05, 4.69) is 10.3 Å². The highest BCUT2D eigenvalue weighted by Crippen LogP contribution is 2.27. The van der Waals surface area contributed by atoms with Gasteiger partial charge in [0, 0.05) is 40.8 Å². The Morgan fingerprint density at radius 2 is 2.00 bits per heavy atom. The molecule has 8 heteroatoms. The van der Waals surface area contributed by atoms with E-state index in [4.69, 9.17) is 11.6 Å². The summed E-state index contributed by atoms with van der Waals surface area (Å²) in [6.45, 7) is 0.501. The summed E-state index contributed by atoms with van der Waals surface area (Å²) in [5, 5.41) is 3.72. The van der Waals surface area contributed by atoms with Crippen LogP contribution in [-0.4, -0.2) is 23.3 Å². The standard InChI is InChI=1S/C21H17ClFN3O3/c22-14-7-12(8-15(23)10-14)11-24-20(28)17-5-6-26(21(17)29)16-2-3-18-13(9-16)1-4-19(27)25-18/h1-4,7-10,17H,5-6,11H2,(H,24,28)(H,25,27)/t17-/m1/s1. The molecule has 3 aromatic rings. The highest BCUT2D eigenvalue weighted by molar-refractivity contribution is 6.30. The molecule has 1 aliphatic rings. The number of H-pyrrole nitrogens is 1. The lowest BCUT2D eigenvalue weighted by molar-refractivity contribution is -0.132. The Morgan fingerprint density at radius 1 is 1.17 bits per heavy atom. The van der Waals surface area contributed by atoms with Crippen LogP contribution in [0.5, 0.6) is 0 Å². The number of carbonyl (C=O) groups is 2. The zero-order chi connectivity index (χ0) is 20.5. The fourth-order valence-electron chi connectivity index (χ4n) is 3.51. The molecule has 1 saturated heterocycles. The van der Waals surface area contributed by atoms with Gasteiger partial charge in [-0.15, -0.1) is 0 Å². The predicted octanol–water partition coefficient (Wildman–Crippen LogP) is 2.99. The van der Waals surface area contributed by atoms with Crippen LogP contribution >= 0.6 is 11.6 Å². The van der Waals surface area contributed by atoms with Gasteiger partial charge in [-0.2, -0.15) is 0 Å². The minimum absolute atomic E-state index is 0.0867. The molecule has 0 spiro atoms. The van der Waals surface area contributed by atoms with Crippen molar-refractivity contribution in [2.24, 2.45) is 5.92 Å². The summed E-state index contributed by atoms with van der Waals surface area (Å²) in [5.74, 6) is -1.97. The predicted molar refractivity (Wildman–Crippen MR) is 108 cm³/mol. The minimum Gasteiger partial charge on any atom is -0.351 e. The smallest absolute Gasteiger partial charge is 0.248 e. The number of aromatic amines is 1. The van der Waals surface area contributed by atoms with Crippen LogP contribution in [-0.2, 0) is 16.1 Å². The maximum absolute atomic E-state index is 13.4. The van der Waals surface area contributed by atoms with Gasteiger partial charge in [-0.1, -0.05) is 11.6 Å². The summed E-state index contributed by atoms with van der Waals surface area (Å²) in [6, 6.07) is 12.4. The Balaban J connectivity index is 1.46. The number of halogens is 2. The Labute approximate surface area is 170 Å². The molecule has 1 atom stereocenters. The summed E-state index contributed by atoms with van der Waals surface area (Å²) in [5.41, 5.74) is 1.67. The van der Waals surface area contributed by atoms with Gasteiger partial charge in [0.15, 0.2) is 0 Å². The molecule has 0 aliphatic carbocycles. The first kappa shape index (κ1) is 19.1. The molecule has 2 aromatic carbocycles. The molecule has 0 saturated carbocycles. The number of nitrogens with zero attached hydrogens (tertiary/aromatic N) is 1. The van der Waals surface area contributed by atoms with Crippen molar-refractivity contribution < 1.29 is 14.0 Å². The Kier molecular flexibility index (Phi) is 5.07. The van der Waals surface area contributed by atoms with Crippen molar-refractivity contribution in [2.75, 3.05) is 11.4 Å². The van der Waals surface area contributed by atoms with Crippen LogP contribution < -0.4 is 15.8 Å². The molecule has 0 radical (unpaired) electrons. The van der Waals surface area contributed by atoms with Crippen molar-refractivity contribution in [2.45, 2.75) is 13.0 Å². The maximum atomic E-state index is 13.4. The van der Waals surface area contributed by atoms with E-state index in [9.17, 15) is 18.8 Å². The van der Waals surface area contributed by atoms with Gasteiger partial charge in [-0.3, -0.25) is 14.4 Å². The number of hydrogen-bond donors (Lipinski definition) is 2. The number of rotatable bonds is 4. The number of fused-ring (bicyclic) bond motifs is 1. The van der Waals surface area contributed by atoms with E-state index in [-0.39, 0.29) is 23.0 Å². The summed E-state index contributed by atoms with van der Waals surface area (Å²) in [4.78, 5) is 41.0. The first-order valence-electron chi connectivity index (χ1n) is 9.08. The number of carbonyl (C=O) groups excluding carboxylic acids is 2. The zero-order valence-corrected chi connectivity index (χ0v) is 16.0. The molecule has 2 amide bonds. The lowest BCUT2D eigenvalue weighted by atomic mass is 10.1. The molecule has 1 aromatic heterocycles. The van der Waals surface area contributed by atoms with Crippen LogP contribution in [0, 0.1) is 11.7 Å². The molecular weight excluding hydrogens is 397 g/mol. The third kappa shape index (κ3) is 4.00. The second-order valence-electron chi connectivity index (χ2n) is 6.92. The molecular formula is C21H17ClFN3O3. The molecule has 0 bridgehead atoms. The Bertz CT molecular complexity index is 1160. The van der Waals surface area contributed by atoms with Crippen molar-refractivity contribution in [3.63, 3.8) is 0 Å². The highest BCUT2D eigenvalue weighted by atomic mass is 35.5. The molecule has 1 fully saturated rings. The number of amides is 2. The largest absolute Gasteiger partial charge is 0.351 e. The second-order valence-corrected chi connectivity index (χ2v) is 7.36. The van der Waals surface area contributed by atoms with Gasteiger partial charge in [-0.05, 0) is 54.4 Å². The number of nitrogens with one attached hydrogen (secondary N) is 2. The second kappa shape index (κ2) is 7.67. The molecule has 2 heterocycles. The molecule has 0 unspecified atom stereocenters. The Hall–Kier alpha value is -3.19. The molecule has 6 nitrogen and oxygen atoms in total. The Morgan fingerprint density at radius 3 is 2.79 bits per heavy atom. The van der Waals surface area contributed by atoms with E-state index in [0.29, 0.717) is 29.7 Å². The van der Waals surface area contributed by atoms with Crippen LogP contribution in [0.1, 0.15) is 12.0 Å². The number of aromatic nitrogens is 1. The van der Waals surface area contributed by atoms with Crippen LogP contribution in [0.25, 0.3) is 10.9 Å². The van der Waals surface area contributed by atoms with E-state index >= 15 is 0 Å². The van der Waals surface area contributed by atoms with Gasteiger partial charge in [0.2, 0.25) is 17.4 Å². The lowest BCUT2D eigenvalue weighted by Crippen LogP contribution is -2.36. The fraction of sp³-hybridized carbons (Fsp3) is 0.190. The van der Waals surface area contributed by atoms with Crippen LogP contribution in [0.15, 0.2) is 53.3 Å². The zero-order valence-electron chi connectivity index (χ0n) is 15.2. The van der Waals surface area contributed by atoms with E-state index < -0.39 is 17.6 Å². The number of hydrogen-bond acceptors (Lipinski definition) is 3. The van der Waals surface area contributed by atoms with Crippen LogP contribution in [0.2, 0.25) is 5.02 Å². The molecule has 1 aliphatic heterocycles. The SMILES string of the molecule is O=C(NCc1cc(F)cc(Cl)c1)[C@H]1CCN(c2ccc3[nH]c(=O)ccc3c2)C1=O. The lowest BCUT2D eigenvalue weighted by Gasteiger charge is -2.17. The van der Waals surface area contributed by atoms with Crippen molar-refractivity contribution in [1.82, 2.24) is 10.3 Å². The van der Waals surface area contributed by atoms with E-state index in [1.54, 1.807) is 35.2 Å². The average molecular weight is 414 g/mol. The van der Waals surface area contributed by atoms with E-state index in [0.717, 1.165) is 5.39 Å².